The van der Waals surface area contributed by atoms with Gasteiger partial charge in [-0.3, -0.25) is 11.3 Å². The monoisotopic (exact) mass is 262 g/mol. The molecule has 0 radical (unpaired) electrons. The van der Waals surface area contributed by atoms with E-state index in [1.165, 1.54) is 18.2 Å². The van der Waals surface area contributed by atoms with Gasteiger partial charge in [-0.1, -0.05) is 30.3 Å². The zero-order chi connectivity index (χ0) is 13.7. The Kier molecular flexibility index (Phi) is 4.60. The molecule has 2 aromatic carbocycles. The summed E-state index contributed by atoms with van der Waals surface area (Å²) in [5, 5.41) is 0. The van der Waals surface area contributed by atoms with Crippen LogP contribution in [0.2, 0.25) is 0 Å². The van der Waals surface area contributed by atoms with Crippen LogP contribution in [0.25, 0.3) is 0 Å². The molecule has 0 aromatic heterocycles. The highest BCUT2D eigenvalue weighted by Crippen LogP contribution is 2.12. The Labute approximate surface area is 111 Å². The van der Waals surface area contributed by atoms with Gasteiger partial charge in [-0.15, -0.1) is 0 Å². The molecule has 2 rings (SSSR count). The van der Waals surface area contributed by atoms with Crippen molar-refractivity contribution in [1.82, 2.24) is 5.43 Å². The van der Waals surface area contributed by atoms with Gasteiger partial charge in [0.2, 0.25) is 0 Å². The molecule has 0 aliphatic carbocycles. The third kappa shape index (κ3) is 3.84. The van der Waals surface area contributed by atoms with Crippen molar-refractivity contribution in [3.63, 3.8) is 0 Å². The minimum absolute atomic E-state index is 0.140. The molecule has 4 heteroatoms. The van der Waals surface area contributed by atoms with Crippen LogP contribution < -0.4 is 11.3 Å². The van der Waals surface area contributed by atoms with E-state index < -0.39 is 0 Å². The minimum atomic E-state index is -0.279. The summed E-state index contributed by atoms with van der Waals surface area (Å²) in [5.41, 5.74) is 4.09. The normalized spacial score (nSPS) is 12.4. The van der Waals surface area contributed by atoms with Gasteiger partial charge < -0.3 is 0 Å². The SMILES string of the molecule is NNC(Cc1cccc(F)c1)Cc1ccccc1F. The van der Waals surface area contributed by atoms with Crippen molar-refractivity contribution >= 4 is 0 Å². The Hall–Kier alpha value is -1.78. The average molecular weight is 262 g/mol. The van der Waals surface area contributed by atoms with Crippen LogP contribution in [0.5, 0.6) is 0 Å². The standard InChI is InChI=1S/C15H16F2N2/c16-13-6-3-4-11(8-13)9-14(19-18)10-12-5-1-2-7-15(12)17/h1-8,14,19H,9-10,18H2. The molecule has 0 aliphatic heterocycles. The fourth-order valence-electron chi connectivity index (χ4n) is 2.07. The summed E-state index contributed by atoms with van der Waals surface area (Å²) in [7, 11) is 0. The van der Waals surface area contributed by atoms with Gasteiger partial charge in [0, 0.05) is 6.04 Å². The second-order valence-corrected chi connectivity index (χ2v) is 4.49. The molecule has 1 unspecified atom stereocenters. The molecule has 0 saturated heterocycles. The second kappa shape index (κ2) is 6.41. The van der Waals surface area contributed by atoms with Gasteiger partial charge in [0.15, 0.2) is 0 Å². The summed E-state index contributed by atoms with van der Waals surface area (Å²) in [4.78, 5) is 0. The number of nitrogens with one attached hydrogen (secondary N) is 1. The molecule has 3 N–H and O–H groups in total. The third-order valence-electron chi connectivity index (χ3n) is 3.03. The van der Waals surface area contributed by atoms with Crippen LogP contribution in [0.4, 0.5) is 8.78 Å². The van der Waals surface area contributed by atoms with Crippen molar-refractivity contribution in [2.45, 2.75) is 18.9 Å². The van der Waals surface area contributed by atoms with E-state index in [2.05, 4.69) is 5.43 Å². The molecular formula is C15H16F2N2. The quantitative estimate of drug-likeness (QED) is 0.642. The molecule has 2 nitrogen and oxygen atoms in total. The fourth-order valence-corrected chi connectivity index (χ4v) is 2.07. The van der Waals surface area contributed by atoms with E-state index in [0.717, 1.165) is 5.56 Å². The second-order valence-electron chi connectivity index (χ2n) is 4.49. The van der Waals surface area contributed by atoms with Crippen LogP contribution in [-0.2, 0) is 12.8 Å². The van der Waals surface area contributed by atoms with Crippen molar-refractivity contribution in [3.8, 4) is 0 Å². The third-order valence-corrected chi connectivity index (χ3v) is 3.03. The number of halogens is 2. The van der Waals surface area contributed by atoms with E-state index in [1.54, 1.807) is 24.3 Å². The Morgan fingerprint density at radius 1 is 1.00 bits per heavy atom. The lowest BCUT2D eigenvalue weighted by Gasteiger charge is -2.16. The predicted molar refractivity (Wildman–Crippen MR) is 71.3 cm³/mol. The van der Waals surface area contributed by atoms with Gasteiger partial charge in [0.05, 0.1) is 0 Å². The van der Waals surface area contributed by atoms with E-state index in [-0.39, 0.29) is 17.7 Å². The molecule has 0 bridgehead atoms. The van der Waals surface area contributed by atoms with Crippen LogP contribution in [0, 0.1) is 11.6 Å². The van der Waals surface area contributed by atoms with Crippen LogP contribution in [-0.4, -0.2) is 6.04 Å². The fraction of sp³-hybridized carbons (Fsp3) is 0.200. The van der Waals surface area contributed by atoms with Gasteiger partial charge in [-0.25, -0.2) is 8.78 Å². The lowest BCUT2D eigenvalue weighted by molar-refractivity contribution is 0.505. The summed E-state index contributed by atoms with van der Waals surface area (Å²) < 4.78 is 26.7. The van der Waals surface area contributed by atoms with E-state index in [0.29, 0.717) is 18.4 Å². The molecule has 0 amide bonds. The highest BCUT2D eigenvalue weighted by Gasteiger charge is 2.11. The van der Waals surface area contributed by atoms with Crippen LogP contribution in [0.1, 0.15) is 11.1 Å². The molecule has 1 atom stereocenters. The summed E-state index contributed by atoms with van der Waals surface area (Å²) >= 11 is 0. The van der Waals surface area contributed by atoms with Crippen molar-refractivity contribution in [2.75, 3.05) is 0 Å². The highest BCUT2D eigenvalue weighted by molar-refractivity contribution is 5.21. The van der Waals surface area contributed by atoms with E-state index in [1.807, 2.05) is 6.07 Å². The van der Waals surface area contributed by atoms with Gasteiger partial charge >= 0.3 is 0 Å². The molecule has 0 aliphatic rings. The number of hydrogen-bond acceptors (Lipinski definition) is 2. The molecule has 0 heterocycles. The zero-order valence-corrected chi connectivity index (χ0v) is 10.4. The molecular weight excluding hydrogens is 246 g/mol. The summed E-state index contributed by atoms with van der Waals surface area (Å²) in [6.45, 7) is 0. The predicted octanol–water partition coefficient (Wildman–Crippen LogP) is 2.58. The molecule has 0 saturated carbocycles. The smallest absolute Gasteiger partial charge is 0.126 e. The lowest BCUT2D eigenvalue weighted by Crippen LogP contribution is -2.38. The minimum Gasteiger partial charge on any atom is -0.271 e. The largest absolute Gasteiger partial charge is 0.271 e. The highest BCUT2D eigenvalue weighted by atomic mass is 19.1. The number of hydrogen-bond donors (Lipinski definition) is 2. The van der Waals surface area contributed by atoms with E-state index in [4.69, 9.17) is 5.84 Å². The number of nitrogens with two attached hydrogens (primary N) is 1. The molecule has 19 heavy (non-hydrogen) atoms. The van der Waals surface area contributed by atoms with Gasteiger partial charge in [0.25, 0.3) is 0 Å². The first-order chi connectivity index (χ1) is 9.19. The van der Waals surface area contributed by atoms with Crippen molar-refractivity contribution in [1.29, 1.82) is 0 Å². The summed E-state index contributed by atoms with van der Waals surface area (Å²) in [5.74, 6) is 4.96. The van der Waals surface area contributed by atoms with Crippen LogP contribution in [0.3, 0.4) is 0 Å². The maximum Gasteiger partial charge on any atom is 0.126 e. The van der Waals surface area contributed by atoms with Gasteiger partial charge in [-0.2, -0.15) is 0 Å². The molecule has 0 fully saturated rings. The Bertz CT molecular complexity index is 543. The number of benzene rings is 2. The number of hydrazine groups is 1. The average Bonchev–Trinajstić information content (AvgIpc) is 2.40. The lowest BCUT2D eigenvalue weighted by atomic mass is 9.99. The molecule has 0 spiro atoms. The van der Waals surface area contributed by atoms with Gasteiger partial charge in [-0.05, 0) is 42.2 Å². The maximum absolute atomic E-state index is 13.6. The van der Waals surface area contributed by atoms with Crippen molar-refractivity contribution in [3.05, 3.63) is 71.3 Å². The first kappa shape index (κ1) is 13.6. The summed E-state index contributed by atoms with van der Waals surface area (Å²) in [6, 6.07) is 12.8. The first-order valence-electron chi connectivity index (χ1n) is 6.13. The maximum atomic E-state index is 13.6. The summed E-state index contributed by atoms with van der Waals surface area (Å²) in [6.07, 6.45) is 1.00. The molecule has 100 valence electrons. The topological polar surface area (TPSA) is 38.0 Å². The van der Waals surface area contributed by atoms with E-state index in [9.17, 15) is 8.78 Å². The van der Waals surface area contributed by atoms with Crippen molar-refractivity contribution in [2.24, 2.45) is 5.84 Å². The van der Waals surface area contributed by atoms with Crippen molar-refractivity contribution < 1.29 is 8.78 Å². The van der Waals surface area contributed by atoms with E-state index >= 15 is 0 Å². The Morgan fingerprint density at radius 3 is 2.47 bits per heavy atom. The Morgan fingerprint density at radius 2 is 1.79 bits per heavy atom. The van der Waals surface area contributed by atoms with Crippen LogP contribution >= 0.6 is 0 Å². The number of rotatable bonds is 5. The molecule has 2 aromatic rings. The first-order valence-corrected chi connectivity index (χ1v) is 6.13. The Balaban J connectivity index is 2.07. The zero-order valence-electron chi connectivity index (χ0n) is 10.4. The van der Waals surface area contributed by atoms with Gasteiger partial charge in [0.1, 0.15) is 11.6 Å². The van der Waals surface area contributed by atoms with Crippen LogP contribution in [0.15, 0.2) is 48.5 Å².